The van der Waals surface area contributed by atoms with E-state index in [9.17, 15) is 9.90 Å². The average Bonchev–Trinajstić information content (AvgIpc) is 2.69. The zero-order valence-electron chi connectivity index (χ0n) is 15.4. The predicted octanol–water partition coefficient (Wildman–Crippen LogP) is 5.16. The van der Waals surface area contributed by atoms with Crippen molar-refractivity contribution in [1.29, 1.82) is 0 Å². The highest BCUT2D eigenvalue weighted by molar-refractivity contribution is 5.93. The lowest BCUT2D eigenvalue weighted by Crippen LogP contribution is -2.09. The van der Waals surface area contributed by atoms with Crippen molar-refractivity contribution in [2.75, 3.05) is 0 Å². The van der Waals surface area contributed by atoms with Crippen molar-refractivity contribution in [1.82, 2.24) is 0 Å². The zero-order chi connectivity index (χ0) is 19.2. The lowest BCUT2D eigenvalue weighted by molar-refractivity contribution is 0.0690. The Labute approximate surface area is 159 Å². The molecule has 0 aliphatic carbocycles. The van der Waals surface area contributed by atoms with Crippen molar-refractivity contribution >= 4 is 5.97 Å². The third kappa shape index (κ3) is 4.47. The molecule has 3 aromatic rings. The van der Waals surface area contributed by atoms with Gasteiger partial charge in [0.05, 0.1) is 0 Å². The van der Waals surface area contributed by atoms with Crippen LogP contribution in [0.15, 0.2) is 66.7 Å². The number of carbonyl (C=O) groups is 1. The molecular weight excluding hydrogens is 340 g/mol. The van der Waals surface area contributed by atoms with Gasteiger partial charge in [-0.1, -0.05) is 60.7 Å². The maximum Gasteiger partial charge on any atom is 0.339 e. The fourth-order valence-electron chi connectivity index (χ4n) is 2.86. The van der Waals surface area contributed by atoms with Gasteiger partial charge in [0.25, 0.3) is 0 Å². The summed E-state index contributed by atoms with van der Waals surface area (Å²) in [7, 11) is 0. The molecule has 0 bridgehead atoms. The van der Waals surface area contributed by atoms with Gasteiger partial charge in [0, 0.05) is 6.07 Å². The predicted molar refractivity (Wildman–Crippen MR) is 104 cm³/mol. The summed E-state index contributed by atoms with van der Waals surface area (Å²) in [6.45, 7) is 4.35. The second-order valence-electron chi connectivity index (χ2n) is 6.35. The molecule has 4 heteroatoms. The lowest BCUT2D eigenvalue weighted by atomic mass is 10.0. The number of rotatable bonds is 7. The van der Waals surface area contributed by atoms with Crippen LogP contribution in [-0.2, 0) is 13.2 Å². The smallest absolute Gasteiger partial charge is 0.339 e. The van der Waals surface area contributed by atoms with Crippen molar-refractivity contribution in [3.05, 3.63) is 94.5 Å². The van der Waals surface area contributed by atoms with Crippen molar-refractivity contribution in [2.45, 2.75) is 27.1 Å². The van der Waals surface area contributed by atoms with E-state index in [4.69, 9.17) is 9.47 Å². The van der Waals surface area contributed by atoms with Gasteiger partial charge in [-0.25, -0.2) is 4.79 Å². The Morgan fingerprint density at radius 2 is 1.26 bits per heavy atom. The van der Waals surface area contributed by atoms with Gasteiger partial charge in [-0.3, -0.25) is 0 Å². The molecule has 0 heterocycles. The second-order valence-corrected chi connectivity index (χ2v) is 6.35. The van der Waals surface area contributed by atoms with Crippen LogP contribution < -0.4 is 9.47 Å². The molecule has 1 N–H and O–H groups in total. The minimum Gasteiger partial charge on any atom is -0.488 e. The summed E-state index contributed by atoms with van der Waals surface area (Å²) in [5.41, 5.74) is 3.64. The third-order valence-corrected chi connectivity index (χ3v) is 4.50. The normalized spacial score (nSPS) is 10.4. The van der Waals surface area contributed by atoms with Crippen molar-refractivity contribution in [3.63, 3.8) is 0 Å². The fraction of sp³-hybridized carbons (Fsp3) is 0.174. The first-order valence-corrected chi connectivity index (χ1v) is 8.77. The van der Waals surface area contributed by atoms with E-state index in [1.54, 1.807) is 13.0 Å². The molecule has 0 spiro atoms. The Bertz CT molecular complexity index is 918. The van der Waals surface area contributed by atoms with E-state index < -0.39 is 5.97 Å². The maximum absolute atomic E-state index is 11.8. The molecule has 0 unspecified atom stereocenters. The number of ether oxygens (including phenoxy) is 2. The van der Waals surface area contributed by atoms with Gasteiger partial charge in [0.2, 0.25) is 0 Å². The second kappa shape index (κ2) is 8.41. The van der Waals surface area contributed by atoms with Gasteiger partial charge in [-0.15, -0.1) is 0 Å². The summed E-state index contributed by atoms with van der Waals surface area (Å²) in [6, 6.07) is 21.2. The number of hydrogen-bond acceptors (Lipinski definition) is 3. The van der Waals surface area contributed by atoms with Crippen LogP contribution in [0.2, 0.25) is 0 Å². The van der Waals surface area contributed by atoms with Crippen LogP contribution in [0.1, 0.15) is 32.6 Å². The van der Waals surface area contributed by atoms with Gasteiger partial charge >= 0.3 is 5.97 Å². The Hall–Kier alpha value is -3.27. The molecule has 0 saturated heterocycles. The van der Waals surface area contributed by atoms with E-state index >= 15 is 0 Å². The van der Waals surface area contributed by atoms with Gasteiger partial charge < -0.3 is 14.6 Å². The Morgan fingerprint density at radius 3 is 1.74 bits per heavy atom. The maximum atomic E-state index is 11.8. The summed E-state index contributed by atoms with van der Waals surface area (Å²) < 4.78 is 11.8. The van der Waals surface area contributed by atoms with E-state index in [2.05, 4.69) is 0 Å². The molecule has 0 aliphatic rings. The van der Waals surface area contributed by atoms with Crippen molar-refractivity contribution in [2.24, 2.45) is 0 Å². The summed E-state index contributed by atoms with van der Waals surface area (Å²) in [5, 5.41) is 9.65. The highest BCUT2D eigenvalue weighted by Crippen LogP contribution is 2.34. The van der Waals surface area contributed by atoms with Gasteiger partial charge in [0.1, 0.15) is 30.3 Å². The van der Waals surface area contributed by atoms with Gasteiger partial charge in [0.15, 0.2) is 0 Å². The molecule has 27 heavy (non-hydrogen) atoms. The topological polar surface area (TPSA) is 55.8 Å². The zero-order valence-corrected chi connectivity index (χ0v) is 15.4. The molecule has 0 atom stereocenters. The Balaban J connectivity index is 1.87. The first kappa shape index (κ1) is 18.5. The largest absolute Gasteiger partial charge is 0.488 e. The lowest BCUT2D eigenvalue weighted by Gasteiger charge is -2.17. The van der Waals surface area contributed by atoms with Gasteiger partial charge in [-0.05, 0) is 36.1 Å². The number of carboxylic acid groups (broad SMARTS) is 1. The van der Waals surface area contributed by atoms with E-state index in [1.807, 2.05) is 67.6 Å². The molecule has 138 valence electrons. The fourth-order valence-corrected chi connectivity index (χ4v) is 2.86. The summed E-state index contributed by atoms with van der Waals surface area (Å²) in [4.78, 5) is 11.8. The number of benzene rings is 3. The quantitative estimate of drug-likeness (QED) is 0.631. The molecule has 4 nitrogen and oxygen atoms in total. The minimum absolute atomic E-state index is 0.176. The van der Waals surface area contributed by atoms with Crippen LogP contribution in [-0.4, -0.2) is 11.1 Å². The van der Waals surface area contributed by atoms with E-state index in [0.29, 0.717) is 30.3 Å². The molecule has 3 rings (SSSR count). The van der Waals surface area contributed by atoms with E-state index in [1.165, 1.54) is 0 Å². The summed E-state index contributed by atoms with van der Waals surface area (Å²) in [5.74, 6) is -0.0600. The number of carboxylic acids is 1. The Morgan fingerprint density at radius 1 is 0.778 bits per heavy atom. The average molecular weight is 362 g/mol. The molecule has 0 aromatic heterocycles. The Kier molecular flexibility index (Phi) is 5.77. The molecule has 0 aliphatic heterocycles. The van der Waals surface area contributed by atoms with Gasteiger partial charge in [-0.2, -0.15) is 0 Å². The first-order chi connectivity index (χ1) is 13.1. The van der Waals surface area contributed by atoms with Crippen molar-refractivity contribution < 1.29 is 19.4 Å². The van der Waals surface area contributed by atoms with Crippen molar-refractivity contribution in [3.8, 4) is 11.5 Å². The molecule has 0 saturated carbocycles. The summed E-state index contributed by atoms with van der Waals surface area (Å²) >= 11 is 0. The van der Waals surface area contributed by atoms with Crippen LogP contribution in [0.5, 0.6) is 11.5 Å². The van der Waals surface area contributed by atoms with Crippen LogP contribution >= 0.6 is 0 Å². The summed E-state index contributed by atoms with van der Waals surface area (Å²) in [6.07, 6.45) is 0. The molecular formula is C23H22O4. The molecule has 0 radical (unpaired) electrons. The monoisotopic (exact) mass is 362 g/mol. The van der Waals surface area contributed by atoms with Crippen LogP contribution in [0.3, 0.4) is 0 Å². The number of hydrogen-bond donors (Lipinski definition) is 1. The SMILES string of the molecule is Cc1c(OCc2ccccc2)cc(OCc2ccccc2)c(C(=O)O)c1C. The van der Waals surface area contributed by atoms with Crippen LogP contribution in [0.4, 0.5) is 0 Å². The first-order valence-electron chi connectivity index (χ1n) is 8.77. The molecule has 0 amide bonds. The van der Waals surface area contributed by atoms with E-state index in [-0.39, 0.29) is 5.56 Å². The number of aromatic carboxylic acids is 1. The molecule has 3 aromatic carbocycles. The van der Waals surface area contributed by atoms with E-state index in [0.717, 1.165) is 16.7 Å². The minimum atomic E-state index is -1.01. The standard InChI is InChI=1S/C23H22O4/c1-16-17(2)22(23(24)25)21(27-15-19-11-7-4-8-12-19)13-20(16)26-14-18-9-5-3-6-10-18/h3-13H,14-15H2,1-2H3,(H,24,25). The highest BCUT2D eigenvalue weighted by Gasteiger charge is 2.20. The van der Waals surface area contributed by atoms with Crippen LogP contribution in [0.25, 0.3) is 0 Å². The molecule has 0 fully saturated rings. The highest BCUT2D eigenvalue weighted by atomic mass is 16.5. The van der Waals surface area contributed by atoms with Crippen LogP contribution in [0, 0.1) is 13.8 Å². The third-order valence-electron chi connectivity index (χ3n) is 4.50.